The number of aryl methyl sites for hydroxylation is 1. The van der Waals surface area contributed by atoms with E-state index in [0.717, 1.165) is 11.1 Å². The van der Waals surface area contributed by atoms with Crippen LogP contribution >= 0.6 is 11.6 Å². The molecule has 0 aromatic heterocycles. The van der Waals surface area contributed by atoms with Crippen molar-refractivity contribution in [2.75, 3.05) is 0 Å². The van der Waals surface area contributed by atoms with Crippen LogP contribution in [0.2, 0.25) is 5.02 Å². The number of benzene rings is 2. The monoisotopic (exact) mass is 250 g/mol. The average molecular weight is 251 g/mol. The van der Waals surface area contributed by atoms with Crippen LogP contribution in [0.4, 0.5) is 4.39 Å². The van der Waals surface area contributed by atoms with E-state index < -0.39 is 0 Å². The lowest BCUT2D eigenvalue weighted by atomic mass is 10.2. The van der Waals surface area contributed by atoms with Gasteiger partial charge in [-0.3, -0.25) is 0 Å². The summed E-state index contributed by atoms with van der Waals surface area (Å²) in [7, 11) is 0. The Morgan fingerprint density at radius 3 is 2.76 bits per heavy atom. The first-order chi connectivity index (χ1) is 8.15. The summed E-state index contributed by atoms with van der Waals surface area (Å²) in [4.78, 5) is 0. The quantitative estimate of drug-likeness (QED) is 0.786. The summed E-state index contributed by atoms with van der Waals surface area (Å²) < 4.78 is 18.8. The molecular weight excluding hydrogens is 239 g/mol. The van der Waals surface area contributed by atoms with Crippen LogP contribution in [0, 0.1) is 12.7 Å². The molecule has 3 heteroatoms. The highest BCUT2D eigenvalue weighted by Crippen LogP contribution is 2.20. The molecule has 2 aromatic carbocycles. The number of ether oxygens (including phenoxy) is 1. The number of rotatable bonds is 3. The molecule has 0 aliphatic carbocycles. The molecule has 17 heavy (non-hydrogen) atoms. The lowest BCUT2D eigenvalue weighted by Gasteiger charge is -2.08. The van der Waals surface area contributed by atoms with E-state index in [1.54, 1.807) is 24.3 Å². The van der Waals surface area contributed by atoms with E-state index in [1.807, 2.05) is 19.1 Å². The third kappa shape index (κ3) is 3.21. The van der Waals surface area contributed by atoms with Gasteiger partial charge in [-0.2, -0.15) is 0 Å². The minimum absolute atomic E-state index is 0.268. The van der Waals surface area contributed by atoms with Crippen molar-refractivity contribution in [3.63, 3.8) is 0 Å². The molecule has 88 valence electrons. The fraction of sp³-hybridized carbons (Fsp3) is 0.143. The Labute approximate surface area is 105 Å². The van der Waals surface area contributed by atoms with Crippen LogP contribution in [-0.4, -0.2) is 0 Å². The third-order valence-corrected chi connectivity index (χ3v) is 2.61. The van der Waals surface area contributed by atoms with Crippen LogP contribution in [0.3, 0.4) is 0 Å². The number of halogens is 2. The molecule has 1 nitrogen and oxygen atoms in total. The van der Waals surface area contributed by atoms with Crippen LogP contribution < -0.4 is 4.74 Å². The fourth-order valence-electron chi connectivity index (χ4n) is 1.51. The predicted molar refractivity (Wildman–Crippen MR) is 66.9 cm³/mol. The summed E-state index contributed by atoms with van der Waals surface area (Å²) in [5.41, 5.74) is 1.88. The van der Waals surface area contributed by atoms with Gasteiger partial charge in [0.05, 0.1) is 0 Å². The molecule has 0 amide bonds. The standard InChI is InChI=1S/C14H12ClFO/c1-10-5-6-13(16)14(7-10)17-9-11-3-2-4-12(15)8-11/h2-8H,9H2,1H3. The summed E-state index contributed by atoms with van der Waals surface area (Å²) in [5, 5.41) is 0.649. The van der Waals surface area contributed by atoms with E-state index in [0.29, 0.717) is 11.6 Å². The second-order valence-electron chi connectivity index (χ2n) is 3.85. The minimum atomic E-state index is -0.349. The Balaban J connectivity index is 2.09. The predicted octanol–water partition coefficient (Wildman–Crippen LogP) is 4.37. The van der Waals surface area contributed by atoms with E-state index in [1.165, 1.54) is 6.07 Å². The lowest BCUT2D eigenvalue weighted by Crippen LogP contribution is -1.97. The summed E-state index contributed by atoms with van der Waals surface area (Å²) in [6, 6.07) is 12.1. The van der Waals surface area contributed by atoms with E-state index in [-0.39, 0.29) is 11.6 Å². The lowest BCUT2D eigenvalue weighted by molar-refractivity contribution is 0.290. The molecule has 0 fully saturated rings. The second-order valence-corrected chi connectivity index (χ2v) is 4.29. The van der Waals surface area contributed by atoms with Gasteiger partial charge in [0, 0.05) is 5.02 Å². The van der Waals surface area contributed by atoms with E-state index in [2.05, 4.69) is 0 Å². The SMILES string of the molecule is Cc1ccc(F)c(OCc2cccc(Cl)c2)c1. The molecule has 0 aliphatic rings. The van der Waals surface area contributed by atoms with E-state index in [9.17, 15) is 4.39 Å². The Bertz CT molecular complexity index is 525. The smallest absolute Gasteiger partial charge is 0.165 e. The Kier molecular flexibility index (Phi) is 3.64. The molecule has 0 bridgehead atoms. The maximum Gasteiger partial charge on any atom is 0.165 e. The van der Waals surface area contributed by atoms with Crippen molar-refractivity contribution in [3.05, 3.63) is 64.4 Å². The van der Waals surface area contributed by atoms with Gasteiger partial charge >= 0.3 is 0 Å². The van der Waals surface area contributed by atoms with Crippen LogP contribution in [0.25, 0.3) is 0 Å². The van der Waals surface area contributed by atoms with Crippen LogP contribution in [0.5, 0.6) is 5.75 Å². The molecule has 0 N–H and O–H groups in total. The molecular formula is C14H12ClFO. The summed E-state index contributed by atoms with van der Waals surface area (Å²) in [6.45, 7) is 2.20. The zero-order chi connectivity index (χ0) is 12.3. The van der Waals surface area contributed by atoms with Gasteiger partial charge in [-0.05, 0) is 42.3 Å². The van der Waals surface area contributed by atoms with Crippen LogP contribution in [0.15, 0.2) is 42.5 Å². The molecule has 2 rings (SSSR count). The fourth-order valence-corrected chi connectivity index (χ4v) is 1.72. The average Bonchev–Trinajstić information content (AvgIpc) is 2.30. The van der Waals surface area contributed by atoms with Gasteiger partial charge in [0.25, 0.3) is 0 Å². The Morgan fingerprint density at radius 2 is 2.00 bits per heavy atom. The van der Waals surface area contributed by atoms with Crippen molar-refractivity contribution in [2.24, 2.45) is 0 Å². The highest BCUT2D eigenvalue weighted by molar-refractivity contribution is 6.30. The topological polar surface area (TPSA) is 9.23 Å². The van der Waals surface area contributed by atoms with Gasteiger partial charge in [0.2, 0.25) is 0 Å². The van der Waals surface area contributed by atoms with Crippen molar-refractivity contribution >= 4 is 11.6 Å². The van der Waals surface area contributed by atoms with E-state index in [4.69, 9.17) is 16.3 Å². The van der Waals surface area contributed by atoms with Gasteiger partial charge in [-0.25, -0.2) is 4.39 Å². The van der Waals surface area contributed by atoms with Crippen molar-refractivity contribution in [1.29, 1.82) is 0 Å². The first kappa shape index (κ1) is 11.9. The summed E-state index contributed by atoms with van der Waals surface area (Å²) >= 11 is 5.85. The molecule has 0 saturated carbocycles. The first-order valence-electron chi connectivity index (χ1n) is 5.28. The maximum atomic E-state index is 13.4. The van der Waals surface area contributed by atoms with Crippen LogP contribution in [-0.2, 0) is 6.61 Å². The van der Waals surface area contributed by atoms with Crippen molar-refractivity contribution in [3.8, 4) is 5.75 Å². The Morgan fingerprint density at radius 1 is 1.18 bits per heavy atom. The zero-order valence-electron chi connectivity index (χ0n) is 9.41. The molecule has 0 saturated heterocycles. The van der Waals surface area contributed by atoms with Crippen molar-refractivity contribution in [1.82, 2.24) is 0 Å². The largest absolute Gasteiger partial charge is 0.486 e. The van der Waals surface area contributed by atoms with Crippen molar-refractivity contribution in [2.45, 2.75) is 13.5 Å². The van der Waals surface area contributed by atoms with Gasteiger partial charge in [-0.15, -0.1) is 0 Å². The molecule has 0 radical (unpaired) electrons. The first-order valence-corrected chi connectivity index (χ1v) is 5.66. The summed E-state index contributed by atoms with van der Waals surface area (Å²) in [5.74, 6) is -0.0809. The molecule has 0 spiro atoms. The van der Waals surface area contributed by atoms with Gasteiger partial charge in [0.15, 0.2) is 11.6 Å². The molecule has 0 atom stereocenters. The summed E-state index contributed by atoms with van der Waals surface area (Å²) in [6.07, 6.45) is 0. The Hall–Kier alpha value is -1.54. The molecule has 0 aliphatic heterocycles. The number of hydrogen-bond acceptors (Lipinski definition) is 1. The third-order valence-electron chi connectivity index (χ3n) is 2.37. The number of hydrogen-bond donors (Lipinski definition) is 0. The maximum absolute atomic E-state index is 13.4. The van der Waals surface area contributed by atoms with Crippen LogP contribution in [0.1, 0.15) is 11.1 Å². The highest BCUT2D eigenvalue weighted by atomic mass is 35.5. The molecule has 0 unspecified atom stereocenters. The van der Waals surface area contributed by atoms with Gasteiger partial charge < -0.3 is 4.74 Å². The molecule has 0 heterocycles. The van der Waals surface area contributed by atoms with Gasteiger partial charge in [-0.1, -0.05) is 29.8 Å². The minimum Gasteiger partial charge on any atom is -0.486 e. The normalized spacial score (nSPS) is 10.3. The van der Waals surface area contributed by atoms with Crippen molar-refractivity contribution < 1.29 is 9.13 Å². The zero-order valence-corrected chi connectivity index (χ0v) is 10.2. The molecule has 2 aromatic rings. The van der Waals surface area contributed by atoms with E-state index >= 15 is 0 Å². The second kappa shape index (κ2) is 5.19. The highest BCUT2D eigenvalue weighted by Gasteiger charge is 2.03. The van der Waals surface area contributed by atoms with Gasteiger partial charge in [0.1, 0.15) is 6.61 Å².